The Labute approximate surface area is 484 Å². The fourth-order valence-corrected chi connectivity index (χ4v) is 56.2. The molecule has 14 rings (SSSR count). The molecule has 6 fully saturated rings. The van der Waals surface area contributed by atoms with Gasteiger partial charge in [0.05, 0.1) is 0 Å². The number of halogens is 8. The van der Waals surface area contributed by atoms with E-state index in [0.717, 1.165) is 0 Å². The predicted octanol–water partition coefficient (Wildman–Crippen LogP) is 8.25. The van der Waals surface area contributed by atoms with Crippen molar-refractivity contribution in [1.82, 2.24) is 0 Å². The van der Waals surface area contributed by atoms with E-state index in [1.54, 1.807) is 194 Å². The molecule has 8 aromatic rings. The van der Waals surface area contributed by atoms with Crippen molar-refractivity contribution in [2.24, 2.45) is 0 Å². The smallest absolute Gasteiger partial charge is 0.366 e. The first kappa shape index (κ1) is 52.7. The first-order valence-corrected chi connectivity index (χ1v) is 39.8. The Bertz CT molecular complexity index is 2750. The zero-order chi connectivity index (χ0) is 52.4. The van der Waals surface area contributed by atoms with Gasteiger partial charge in [-0.15, -0.1) is 0 Å². The summed E-state index contributed by atoms with van der Waals surface area (Å²) in [5.41, 5.74) is 0. The SMILES string of the molecule is Clc1ccc([Si]23O[Si]4(c5ccc(Cl)cc5)O[Si]5(c6ccc(Cl)cc6)O[Si](c6ccc(Cl)cc6)(O2)O[Si]2(c6ccc(Cl)cc6)O[Si](c6ccc(Cl)cc6)(O3)O[Si](c3ccc(Cl)cc3)(O4)O[Si](c3ccc(Cl)cc3)(O5)O2)cc1. The van der Waals surface area contributed by atoms with Gasteiger partial charge in [0.2, 0.25) is 0 Å². The van der Waals surface area contributed by atoms with E-state index in [2.05, 4.69) is 0 Å². The second kappa shape index (κ2) is 19.5. The molecule has 384 valence electrons. The Hall–Kier alpha value is -2.66. The molecule has 28 heteroatoms. The maximum atomic E-state index is 8.08. The summed E-state index contributed by atoms with van der Waals surface area (Å²) in [4.78, 5) is 0. The van der Waals surface area contributed by atoms with Crippen LogP contribution in [0.15, 0.2) is 194 Å². The van der Waals surface area contributed by atoms with Gasteiger partial charge in [-0.3, -0.25) is 0 Å². The van der Waals surface area contributed by atoms with Crippen LogP contribution in [0.1, 0.15) is 0 Å². The van der Waals surface area contributed by atoms with Crippen molar-refractivity contribution in [2.75, 3.05) is 0 Å². The Morgan fingerprint density at radius 2 is 0.224 bits per heavy atom. The summed E-state index contributed by atoms with van der Waals surface area (Å²) in [5.74, 6) is 0. The minimum Gasteiger partial charge on any atom is -0.366 e. The summed E-state index contributed by atoms with van der Waals surface area (Å²) >= 11 is 53.8. The Balaban J connectivity index is 1.26. The molecule has 8 bridgehead atoms. The molecule has 0 aliphatic carbocycles. The maximum Gasteiger partial charge on any atom is 0.515 e. The first-order valence-electron chi connectivity index (χ1n) is 23.0. The lowest BCUT2D eigenvalue weighted by molar-refractivity contribution is -0.00295. The van der Waals surface area contributed by atoms with Crippen LogP contribution in [-0.4, -0.2) is 70.4 Å². The summed E-state index contributed by atoms with van der Waals surface area (Å²) in [6, 6.07) is 54.8. The molecule has 12 nitrogen and oxygen atoms in total. The van der Waals surface area contributed by atoms with Gasteiger partial charge in [0.25, 0.3) is 0 Å². The van der Waals surface area contributed by atoms with Gasteiger partial charge < -0.3 is 49.4 Å². The molecular weight excluding hydrogens is 1280 g/mol. The number of hydrogen-bond donors (Lipinski definition) is 0. The van der Waals surface area contributed by atoms with Gasteiger partial charge in [0.15, 0.2) is 0 Å². The molecule has 6 aliphatic heterocycles. The van der Waals surface area contributed by atoms with Crippen molar-refractivity contribution < 1.29 is 49.4 Å². The first-order chi connectivity index (χ1) is 36.5. The van der Waals surface area contributed by atoms with E-state index in [1.807, 2.05) is 0 Å². The third-order valence-electron chi connectivity index (χ3n) is 12.8. The molecule has 0 N–H and O–H groups in total. The van der Waals surface area contributed by atoms with E-state index in [0.29, 0.717) is 81.7 Å². The van der Waals surface area contributed by atoms with Gasteiger partial charge in [0, 0.05) is 81.7 Å². The number of rotatable bonds is 8. The Morgan fingerprint density at radius 3 is 0.303 bits per heavy atom. The van der Waals surface area contributed by atoms with Crippen LogP contribution in [-0.2, 0) is 49.4 Å². The minimum atomic E-state index is -5.07. The van der Waals surface area contributed by atoms with E-state index in [9.17, 15) is 0 Å². The fraction of sp³-hybridized carbons (Fsp3) is 0. The normalized spacial score (nSPS) is 31.5. The zero-order valence-corrected chi connectivity index (χ0v) is 52.4. The fourth-order valence-electron chi connectivity index (χ4n) is 9.27. The quantitative estimate of drug-likeness (QED) is 0.137. The van der Waals surface area contributed by atoms with Crippen molar-refractivity contribution in [1.29, 1.82) is 0 Å². The average molecular weight is 1310 g/mol. The molecule has 6 heterocycles. The lowest BCUT2D eigenvalue weighted by Crippen LogP contribution is -2.96. The Kier molecular flexibility index (Phi) is 13.5. The van der Waals surface area contributed by atoms with E-state index in [1.165, 1.54) is 0 Å². The molecule has 0 saturated carbocycles. The van der Waals surface area contributed by atoms with Crippen LogP contribution in [0.5, 0.6) is 0 Å². The van der Waals surface area contributed by atoms with Crippen LogP contribution in [0.25, 0.3) is 0 Å². The zero-order valence-electron chi connectivity index (χ0n) is 38.4. The summed E-state index contributed by atoms with van der Waals surface area (Å²) in [6.45, 7) is 0. The summed E-state index contributed by atoms with van der Waals surface area (Å²) in [7, 11) is -40.5. The van der Waals surface area contributed by atoms with Gasteiger partial charge in [-0.25, -0.2) is 0 Å². The second-order valence-corrected chi connectivity index (χ2v) is 44.5. The van der Waals surface area contributed by atoms with Gasteiger partial charge in [0.1, 0.15) is 0 Å². The van der Waals surface area contributed by atoms with Gasteiger partial charge in [-0.1, -0.05) is 190 Å². The van der Waals surface area contributed by atoms with Crippen LogP contribution in [0.3, 0.4) is 0 Å². The molecular formula is C48H32Cl8O12Si8. The summed E-state index contributed by atoms with van der Waals surface area (Å²) in [5, 5.41) is 6.03. The van der Waals surface area contributed by atoms with Gasteiger partial charge >= 0.3 is 70.4 Å². The van der Waals surface area contributed by atoms with Crippen molar-refractivity contribution in [2.45, 2.75) is 0 Å². The van der Waals surface area contributed by atoms with Gasteiger partial charge in [-0.2, -0.15) is 0 Å². The van der Waals surface area contributed by atoms with E-state index in [4.69, 9.17) is 142 Å². The van der Waals surface area contributed by atoms with Gasteiger partial charge in [-0.05, 0) is 97.1 Å². The average Bonchev–Trinajstić information content (AvgIpc) is 2.80. The van der Waals surface area contributed by atoms with Crippen molar-refractivity contribution in [3.8, 4) is 0 Å². The second-order valence-electron chi connectivity index (χ2n) is 17.7. The van der Waals surface area contributed by atoms with Crippen LogP contribution in [0.4, 0.5) is 0 Å². The van der Waals surface area contributed by atoms with Crippen LogP contribution >= 0.6 is 92.8 Å². The van der Waals surface area contributed by atoms with E-state index < -0.39 is 70.4 Å². The van der Waals surface area contributed by atoms with Crippen molar-refractivity contribution >= 4 is 205 Å². The molecule has 6 saturated heterocycles. The van der Waals surface area contributed by atoms with Crippen LogP contribution in [0.2, 0.25) is 40.2 Å². The Morgan fingerprint density at radius 1 is 0.145 bits per heavy atom. The summed E-state index contributed by atoms with van der Waals surface area (Å²) < 4.78 is 97.0. The molecule has 0 atom stereocenters. The number of benzene rings is 8. The van der Waals surface area contributed by atoms with Crippen molar-refractivity contribution in [3.63, 3.8) is 0 Å². The van der Waals surface area contributed by atoms with Crippen molar-refractivity contribution in [3.05, 3.63) is 234 Å². The third-order valence-corrected chi connectivity index (χ3v) is 48.9. The lowest BCUT2D eigenvalue weighted by atomic mass is 10.4. The molecule has 0 unspecified atom stereocenters. The molecule has 6 aliphatic rings. The van der Waals surface area contributed by atoms with E-state index in [-0.39, 0.29) is 0 Å². The predicted molar refractivity (Wildman–Crippen MR) is 308 cm³/mol. The highest BCUT2D eigenvalue weighted by Gasteiger charge is 2.86. The molecule has 0 aromatic heterocycles. The largest absolute Gasteiger partial charge is 0.515 e. The topological polar surface area (TPSA) is 111 Å². The summed E-state index contributed by atoms with van der Waals surface area (Å²) in [6.07, 6.45) is 0. The third kappa shape index (κ3) is 9.06. The van der Waals surface area contributed by atoms with E-state index >= 15 is 0 Å². The van der Waals surface area contributed by atoms with Crippen LogP contribution in [0, 0.1) is 0 Å². The molecule has 0 radical (unpaired) electrons. The molecule has 8 aromatic carbocycles. The maximum absolute atomic E-state index is 8.08. The number of hydrogen-bond acceptors (Lipinski definition) is 12. The molecule has 0 amide bonds. The molecule has 0 spiro atoms. The standard InChI is InChI=1S/C48H32Cl8O12Si8/c49-33-1-17-41(18-2-33)69-57-70(42-19-3-34(50)4-20-42)60-73(45-25-9-37(53)10-26-45)62-71(58-69,43-21-5-35(51)6-22-43)64-75(47-29-13-39(55)14-30-47)65-72(59-69,44-23-7-36(52)8-24-44)63-74(61-70,46-27-11-38(54)12-28-46)67-76(66-73,68-75)48-31-15-40(56)16-32-48/h1-32H. The highest BCUT2D eigenvalue weighted by molar-refractivity contribution is 7.14. The van der Waals surface area contributed by atoms with Crippen LogP contribution < -0.4 is 41.5 Å². The highest BCUT2D eigenvalue weighted by atomic mass is 35.5. The monoisotopic (exact) mass is 1300 g/mol. The lowest BCUT2D eigenvalue weighted by Gasteiger charge is -2.62. The highest BCUT2D eigenvalue weighted by Crippen LogP contribution is 2.49. The molecule has 76 heavy (non-hydrogen) atoms. The minimum absolute atomic E-state index is 0.356.